The van der Waals surface area contributed by atoms with Gasteiger partial charge in [0, 0.05) is 24.3 Å². The second kappa shape index (κ2) is 7.70. The second-order valence-electron chi connectivity index (χ2n) is 6.73. The van der Waals surface area contributed by atoms with E-state index in [9.17, 15) is 19.5 Å². The molecule has 1 heterocycles. The van der Waals surface area contributed by atoms with Crippen molar-refractivity contribution in [1.82, 2.24) is 5.32 Å². The number of amides is 3. The average Bonchev–Trinajstić information content (AvgIpc) is 3.06. The van der Waals surface area contributed by atoms with Crippen LogP contribution in [0.3, 0.4) is 0 Å². The van der Waals surface area contributed by atoms with Gasteiger partial charge < -0.3 is 20.6 Å². The molecular weight excluding hydrogens is 334 g/mol. The van der Waals surface area contributed by atoms with Gasteiger partial charge in [-0.05, 0) is 43.9 Å². The molecule has 1 aromatic carbocycles. The van der Waals surface area contributed by atoms with Gasteiger partial charge in [0.15, 0.2) is 0 Å². The van der Waals surface area contributed by atoms with E-state index in [1.165, 1.54) is 0 Å². The van der Waals surface area contributed by atoms with Crippen LogP contribution in [0.15, 0.2) is 36.4 Å². The van der Waals surface area contributed by atoms with E-state index in [1.54, 1.807) is 35.2 Å². The maximum absolute atomic E-state index is 12.1. The van der Waals surface area contributed by atoms with Crippen molar-refractivity contribution in [2.75, 3.05) is 23.3 Å². The second-order valence-corrected chi connectivity index (χ2v) is 6.73. The molecule has 7 nitrogen and oxygen atoms in total. The standard InChI is InChI=1S/C19H23N3O4/c23-16-8-5-11-22(16)15-7-4-6-14(12-15)21-18(25)17(24)20-13-19(26)9-2-1-3-10-19/h2,4,6-7,9,12,26H,1,3,5,8,10-11,13H2,(H,20,24)(H,21,25). The number of benzene rings is 1. The molecule has 26 heavy (non-hydrogen) atoms. The Bertz CT molecular complexity index is 746. The molecule has 3 N–H and O–H groups in total. The summed E-state index contributed by atoms with van der Waals surface area (Å²) in [6.45, 7) is 0.654. The highest BCUT2D eigenvalue weighted by Crippen LogP contribution is 2.24. The highest BCUT2D eigenvalue weighted by Gasteiger charge is 2.27. The molecule has 0 saturated carbocycles. The first kappa shape index (κ1) is 18.1. The largest absolute Gasteiger partial charge is 0.384 e. The lowest BCUT2D eigenvalue weighted by atomic mass is 9.91. The number of rotatable bonds is 4. The normalized spacial score (nSPS) is 22.3. The maximum Gasteiger partial charge on any atom is 0.313 e. The lowest BCUT2D eigenvalue weighted by Gasteiger charge is -2.27. The molecule has 1 unspecified atom stereocenters. The molecule has 3 amide bonds. The van der Waals surface area contributed by atoms with E-state index in [1.807, 2.05) is 6.08 Å². The van der Waals surface area contributed by atoms with E-state index in [2.05, 4.69) is 10.6 Å². The van der Waals surface area contributed by atoms with Crippen molar-refractivity contribution >= 4 is 29.1 Å². The molecule has 138 valence electrons. The number of anilines is 2. The fraction of sp³-hybridized carbons (Fsp3) is 0.421. The van der Waals surface area contributed by atoms with Crippen LogP contribution in [0.25, 0.3) is 0 Å². The molecule has 1 aromatic rings. The molecule has 0 radical (unpaired) electrons. The van der Waals surface area contributed by atoms with Gasteiger partial charge in [-0.3, -0.25) is 14.4 Å². The lowest BCUT2D eigenvalue weighted by molar-refractivity contribution is -0.136. The van der Waals surface area contributed by atoms with Crippen molar-refractivity contribution in [3.63, 3.8) is 0 Å². The topological polar surface area (TPSA) is 98.7 Å². The van der Waals surface area contributed by atoms with Crippen LogP contribution in [0.4, 0.5) is 11.4 Å². The van der Waals surface area contributed by atoms with Crippen LogP contribution in [0, 0.1) is 0 Å². The van der Waals surface area contributed by atoms with Crippen LogP contribution < -0.4 is 15.5 Å². The summed E-state index contributed by atoms with van der Waals surface area (Å²) in [7, 11) is 0. The number of allylic oxidation sites excluding steroid dienone is 1. The molecule has 1 saturated heterocycles. The Kier molecular flexibility index (Phi) is 5.37. The van der Waals surface area contributed by atoms with Gasteiger partial charge >= 0.3 is 11.8 Å². The van der Waals surface area contributed by atoms with Crippen LogP contribution in [0.2, 0.25) is 0 Å². The van der Waals surface area contributed by atoms with Crippen molar-refractivity contribution in [1.29, 1.82) is 0 Å². The Balaban J connectivity index is 1.57. The van der Waals surface area contributed by atoms with Crippen molar-refractivity contribution in [3.05, 3.63) is 36.4 Å². The minimum absolute atomic E-state index is 0.00191. The number of nitrogens with zero attached hydrogens (tertiary/aromatic N) is 1. The summed E-state index contributed by atoms with van der Waals surface area (Å²) in [6.07, 6.45) is 7.19. The van der Waals surface area contributed by atoms with E-state index in [-0.39, 0.29) is 12.5 Å². The fourth-order valence-corrected chi connectivity index (χ4v) is 3.23. The number of aliphatic hydroxyl groups is 1. The first-order valence-corrected chi connectivity index (χ1v) is 8.87. The van der Waals surface area contributed by atoms with Crippen molar-refractivity contribution in [2.24, 2.45) is 0 Å². The van der Waals surface area contributed by atoms with E-state index in [0.29, 0.717) is 30.8 Å². The zero-order chi connectivity index (χ0) is 18.6. The monoisotopic (exact) mass is 357 g/mol. The molecule has 3 rings (SSSR count). The zero-order valence-corrected chi connectivity index (χ0v) is 14.5. The Labute approximate surface area is 152 Å². The van der Waals surface area contributed by atoms with Gasteiger partial charge in [0.2, 0.25) is 5.91 Å². The van der Waals surface area contributed by atoms with Crippen LogP contribution in [-0.2, 0) is 14.4 Å². The van der Waals surface area contributed by atoms with Crippen LogP contribution >= 0.6 is 0 Å². The highest BCUT2D eigenvalue weighted by atomic mass is 16.3. The smallest absolute Gasteiger partial charge is 0.313 e. The summed E-state index contributed by atoms with van der Waals surface area (Å²) < 4.78 is 0. The summed E-state index contributed by atoms with van der Waals surface area (Å²) in [6, 6.07) is 6.85. The van der Waals surface area contributed by atoms with Gasteiger partial charge in [0.1, 0.15) is 5.60 Å². The SMILES string of the molecule is O=C(NCC1(O)C=CCCC1)C(=O)Nc1cccc(N2CCCC2=O)c1. The molecule has 1 fully saturated rings. The Morgan fingerprint density at radius 2 is 2.08 bits per heavy atom. The molecule has 1 aliphatic heterocycles. The summed E-state index contributed by atoms with van der Waals surface area (Å²) in [5, 5.41) is 15.3. The predicted octanol–water partition coefficient (Wildman–Crippen LogP) is 1.34. The van der Waals surface area contributed by atoms with Crippen molar-refractivity contribution in [2.45, 2.75) is 37.7 Å². The van der Waals surface area contributed by atoms with E-state index >= 15 is 0 Å². The molecule has 0 bridgehead atoms. The summed E-state index contributed by atoms with van der Waals surface area (Å²) in [4.78, 5) is 37.6. The number of carbonyl (C=O) groups is 3. The van der Waals surface area contributed by atoms with Crippen LogP contribution in [-0.4, -0.2) is 41.5 Å². The van der Waals surface area contributed by atoms with Crippen LogP contribution in [0.1, 0.15) is 32.1 Å². The molecule has 0 aromatic heterocycles. The van der Waals surface area contributed by atoms with Gasteiger partial charge in [-0.1, -0.05) is 18.2 Å². The molecule has 1 atom stereocenters. The molecular formula is C19H23N3O4. The third-order valence-electron chi connectivity index (χ3n) is 4.66. The zero-order valence-electron chi connectivity index (χ0n) is 14.5. The number of hydrogen-bond donors (Lipinski definition) is 3. The molecule has 2 aliphatic rings. The first-order chi connectivity index (χ1) is 12.5. The number of nitrogens with one attached hydrogen (secondary N) is 2. The summed E-state index contributed by atoms with van der Waals surface area (Å²) >= 11 is 0. The fourth-order valence-electron chi connectivity index (χ4n) is 3.23. The van der Waals surface area contributed by atoms with Crippen molar-refractivity contribution < 1.29 is 19.5 Å². The highest BCUT2D eigenvalue weighted by molar-refractivity contribution is 6.39. The van der Waals surface area contributed by atoms with Gasteiger partial charge in [-0.15, -0.1) is 0 Å². The predicted molar refractivity (Wildman–Crippen MR) is 97.6 cm³/mol. The maximum atomic E-state index is 12.1. The number of hydrogen-bond acceptors (Lipinski definition) is 4. The van der Waals surface area contributed by atoms with E-state index in [4.69, 9.17) is 0 Å². The average molecular weight is 357 g/mol. The Hall–Kier alpha value is -2.67. The van der Waals surface area contributed by atoms with E-state index < -0.39 is 17.4 Å². The van der Waals surface area contributed by atoms with Crippen molar-refractivity contribution in [3.8, 4) is 0 Å². The Morgan fingerprint density at radius 3 is 2.77 bits per heavy atom. The Morgan fingerprint density at radius 1 is 1.23 bits per heavy atom. The third-order valence-corrected chi connectivity index (χ3v) is 4.66. The molecule has 7 heteroatoms. The minimum atomic E-state index is -1.09. The van der Waals surface area contributed by atoms with Gasteiger partial charge in [0.25, 0.3) is 0 Å². The third kappa shape index (κ3) is 4.29. The van der Waals surface area contributed by atoms with Gasteiger partial charge in [-0.25, -0.2) is 0 Å². The summed E-state index contributed by atoms with van der Waals surface area (Å²) in [5.74, 6) is -1.56. The summed E-state index contributed by atoms with van der Waals surface area (Å²) in [5.41, 5.74) is 0.0514. The quantitative estimate of drug-likeness (QED) is 0.559. The lowest BCUT2D eigenvalue weighted by Crippen LogP contribution is -2.45. The molecule has 0 spiro atoms. The van der Waals surface area contributed by atoms with Gasteiger partial charge in [0.05, 0.1) is 6.54 Å². The first-order valence-electron chi connectivity index (χ1n) is 8.87. The van der Waals surface area contributed by atoms with Gasteiger partial charge in [-0.2, -0.15) is 0 Å². The van der Waals surface area contributed by atoms with E-state index in [0.717, 1.165) is 19.3 Å². The molecule has 1 aliphatic carbocycles. The number of carbonyl (C=O) groups excluding carboxylic acids is 3. The minimum Gasteiger partial charge on any atom is -0.384 e. The van der Waals surface area contributed by atoms with Crippen LogP contribution in [0.5, 0.6) is 0 Å².